The second-order valence-electron chi connectivity index (χ2n) is 7.70. The van der Waals surface area contributed by atoms with Gasteiger partial charge in [0.1, 0.15) is 11.5 Å². The molecule has 0 saturated heterocycles. The van der Waals surface area contributed by atoms with E-state index in [1.54, 1.807) is 0 Å². The fourth-order valence-corrected chi connectivity index (χ4v) is 4.23. The summed E-state index contributed by atoms with van der Waals surface area (Å²) in [6.07, 6.45) is 1.63. The third kappa shape index (κ3) is 5.42. The summed E-state index contributed by atoms with van der Waals surface area (Å²) >= 11 is 0. The van der Waals surface area contributed by atoms with Gasteiger partial charge in [0.25, 0.3) is 0 Å². The van der Waals surface area contributed by atoms with Gasteiger partial charge in [-0.2, -0.15) is 0 Å². The third-order valence-electron chi connectivity index (χ3n) is 5.73. The van der Waals surface area contributed by atoms with Crippen molar-refractivity contribution in [2.45, 2.75) is 39.8 Å². The number of fused-ring (bicyclic) bond motifs is 1. The molecule has 0 atom stereocenters. The van der Waals surface area contributed by atoms with Crippen molar-refractivity contribution in [1.82, 2.24) is 9.13 Å². The van der Waals surface area contributed by atoms with Crippen LogP contribution in [0.5, 0.6) is 11.5 Å². The number of hydrogen-bond donors (Lipinski definition) is 1. The van der Waals surface area contributed by atoms with E-state index in [2.05, 4.69) is 33.4 Å². The number of nitrogens with one attached hydrogen (secondary N) is 1. The minimum absolute atomic E-state index is 0. The van der Waals surface area contributed by atoms with E-state index in [4.69, 9.17) is 14.9 Å². The number of benzene rings is 3. The highest BCUT2D eigenvalue weighted by atomic mass is 35.5. The van der Waals surface area contributed by atoms with Gasteiger partial charge in [0, 0.05) is 13.1 Å². The number of para-hydroxylation sites is 4. The molecule has 1 aromatic heterocycles. The molecule has 33 heavy (non-hydrogen) atoms. The zero-order chi connectivity index (χ0) is 22.3. The van der Waals surface area contributed by atoms with Crippen LogP contribution in [0.4, 0.5) is 0 Å². The van der Waals surface area contributed by atoms with Crippen LogP contribution in [-0.4, -0.2) is 22.3 Å². The van der Waals surface area contributed by atoms with Gasteiger partial charge in [-0.05, 0) is 62.1 Å². The van der Waals surface area contributed by atoms with Crippen LogP contribution in [0.15, 0.2) is 72.8 Å². The summed E-state index contributed by atoms with van der Waals surface area (Å²) in [7, 11) is 0. The van der Waals surface area contributed by atoms with E-state index in [1.165, 1.54) is 11.1 Å². The molecular formula is C27H32ClN3O2. The van der Waals surface area contributed by atoms with Crippen molar-refractivity contribution in [3.8, 4) is 11.5 Å². The molecule has 1 heterocycles. The molecule has 4 rings (SSSR count). The average molecular weight is 466 g/mol. The monoisotopic (exact) mass is 465 g/mol. The molecular weight excluding hydrogens is 434 g/mol. The van der Waals surface area contributed by atoms with Crippen LogP contribution in [0.25, 0.3) is 11.0 Å². The second-order valence-corrected chi connectivity index (χ2v) is 7.70. The van der Waals surface area contributed by atoms with Gasteiger partial charge in [0.05, 0.1) is 24.2 Å². The van der Waals surface area contributed by atoms with Crippen LogP contribution in [-0.2, 0) is 25.9 Å². The van der Waals surface area contributed by atoms with Crippen molar-refractivity contribution in [2.24, 2.45) is 0 Å². The molecule has 0 spiro atoms. The second kappa shape index (κ2) is 11.6. The maximum absolute atomic E-state index is 8.94. The van der Waals surface area contributed by atoms with Gasteiger partial charge in [-0.3, -0.25) is 5.41 Å². The number of hydrogen-bond acceptors (Lipinski definition) is 3. The van der Waals surface area contributed by atoms with Crippen LogP contribution in [0, 0.1) is 5.41 Å². The molecule has 0 aliphatic carbocycles. The van der Waals surface area contributed by atoms with Crippen molar-refractivity contribution in [3.63, 3.8) is 0 Å². The van der Waals surface area contributed by atoms with Crippen LogP contribution >= 0.6 is 12.4 Å². The minimum Gasteiger partial charge on any atom is -0.494 e. The van der Waals surface area contributed by atoms with E-state index in [-0.39, 0.29) is 12.4 Å². The minimum atomic E-state index is 0. The van der Waals surface area contributed by atoms with Crippen molar-refractivity contribution < 1.29 is 9.47 Å². The lowest BCUT2D eigenvalue weighted by molar-refractivity contribution is 0.335. The lowest BCUT2D eigenvalue weighted by atomic mass is 10.1. The van der Waals surface area contributed by atoms with Crippen molar-refractivity contribution in [3.05, 3.63) is 89.5 Å². The van der Waals surface area contributed by atoms with Crippen molar-refractivity contribution >= 4 is 23.4 Å². The lowest BCUT2D eigenvalue weighted by Crippen LogP contribution is -2.26. The Kier molecular flexibility index (Phi) is 8.61. The summed E-state index contributed by atoms with van der Waals surface area (Å²) in [5.41, 5.74) is 5.04. The number of aryl methyl sites for hydroxylation is 4. The third-order valence-corrected chi connectivity index (χ3v) is 5.73. The number of halogens is 1. The van der Waals surface area contributed by atoms with E-state index >= 15 is 0 Å². The molecule has 5 nitrogen and oxygen atoms in total. The molecule has 0 saturated carbocycles. The number of rotatable bonds is 10. The fraction of sp³-hybridized carbons (Fsp3) is 0.296. The summed E-state index contributed by atoms with van der Waals surface area (Å²) in [5.74, 6) is 1.86. The zero-order valence-corrected chi connectivity index (χ0v) is 20.1. The first kappa shape index (κ1) is 24.5. The SMILES string of the molecule is CCOc1ccccc1CCn1c(=N)n(CCc2ccccc2OCC)c2ccccc21.Cl. The van der Waals surface area contributed by atoms with Crippen LogP contribution < -0.4 is 15.1 Å². The predicted molar refractivity (Wildman–Crippen MR) is 136 cm³/mol. The first-order valence-corrected chi connectivity index (χ1v) is 11.4. The van der Waals surface area contributed by atoms with Gasteiger partial charge in [0.15, 0.2) is 0 Å². The molecule has 174 valence electrons. The molecule has 6 heteroatoms. The number of imidazole rings is 1. The van der Waals surface area contributed by atoms with E-state index in [0.29, 0.717) is 18.8 Å². The standard InChI is InChI=1S/C27H31N3O2.ClH/c1-3-31-25-15-9-5-11-21(25)17-19-29-23-13-7-8-14-24(23)30(27(29)28)20-18-22-12-6-10-16-26(22)32-4-2;/h5-16,28H,3-4,17-20H2,1-2H3;1H. The number of nitrogens with zero attached hydrogens (tertiary/aromatic N) is 2. The summed E-state index contributed by atoms with van der Waals surface area (Å²) in [4.78, 5) is 0. The van der Waals surface area contributed by atoms with Gasteiger partial charge in [-0.25, -0.2) is 0 Å². The summed E-state index contributed by atoms with van der Waals surface area (Å²) in [6, 6.07) is 24.6. The highest BCUT2D eigenvalue weighted by Crippen LogP contribution is 2.22. The molecule has 1 N–H and O–H groups in total. The first-order valence-electron chi connectivity index (χ1n) is 11.4. The Morgan fingerprint density at radius 2 is 1.03 bits per heavy atom. The lowest BCUT2D eigenvalue weighted by Gasteiger charge is -2.11. The first-order chi connectivity index (χ1) is 15.7. The van der Waals surface area contributed by atoms with E-state index in [9.17, 15) is 0 Å². The predicted octanol–water partition coefficient (Wildman–Crippen LogP) is 5.63. The Bertz CT molecular complexity index is 1150. The van der Waals surface area contributed by atoms with E-state index < -0.39 is 0 Å². The molecule has 0 aliphatic heterocycles. The Hall–Kier alpha value is -3.18. The van der Waals surface area contributed by atoms with Crippen molar-refractivity contribution in [2.75, 3.05) is 13.2 Å². The van der Waals surface area contributed by atoms with Crippen molar-refractivity contribution in [1.29, 1.82) is 5.41 Å². The largest absolute Gasteiger partial charge is 0.494 e. The molecule has 4 aromatic rings. The van der Waals surface area contributed by atoms with Crippen LogP contribution in [0.3, 0.4) is 0 Å². The number of aromatic nitrogens is 2. The zero-order valence-electron chi connectivity index (χ0n) is 19.3. The highest BCUT2D eigenvalue weighted by molar-refractivity contribution is 5.85. The summed E-state index contributed by atoms with van der Waals surface area (Å²) < 4.78 is 15.8. The normalized spacial score (nSPS) is 10.7. The van der Waals surface area contributed by atoms with Gasteiger partial charge < -0.3 is 18.6 Å². The Balaban J connectivity index is 0.00000306. The van der Waals surface area contributed by atoms with Gasteiger partial charge >= 0.3 is 0 Å². The molecule has 0 amide bonds. The molecule has 0 bridgehead atoms. The maximum atomic E-state index is 8.94. The summed E-state index contributed by atoms with van der Waals surface area (Å²) in [6.45, 7) is 6.76. The van der Waals surface area contributed by atoms with E-state index in [0.717, 1.165) is 48.5 Å². The maximum Gasteiger partial charge on any atom is 0.203 e. The molecule has 0 fully saturated rings. The summed E-state index contributed by atoms with van der Waals surface area (Å²) in [5, 5.41) is 8.94. The fourth-order valence-electron chi connectivity index (χ4n) is 4.23. The van der Waals surface area contributed by atoms with Crippen LogP contribution in [0.2, 0.25) is 0 Å². The Labute approximate surface area is 201 Å². The molecule has 0 radical (unpaired) electrons. The van der Waals surface area contributed by atoms with Gasteiger partial charge in [-0.1, -0.05) is 48.5 Å². The molecule has 0 aliphatic rings. The average Bonchev–Trinajstić information content (AvgIpc) is 3.09. The van der Waals surface area contributed by atoms with E-state index in [1.807, 2.05) is 62.4 Å². The Morgan fingerprint density at radius 3 is 1.45 bits per heavy atom. The molecule has 0 unspecified atom stereocenters. The Morgan fingerprint density at radius 1 is 0.636 bits per heavy atom. The number of ether oxygens (including phenoxy) is 2. The quantitative estimate of drug-likeness (QED) is 0.330. The van der Waals surface area contributed by atoms with Gasteiger partial charge in [0.2, 0.25) is 5.62 Å². The van der Waals surface area contributed by atoms with Gasteiger partial charge in [-0.15, -0.1) is 12.4 Å². The smallest absolute Gasteiger partial charge is 0.203 e. The highest BCUT2D eigenvalue weighted by Gasteiger charge is 2.12. The topological polar surface area (TPSA) is 52.2 Å². The van der Waals surface area contributed by atoms with Crippen LogP contribution in [0.1, 0.15) is 25.0 Å². The molecule has 3 aromatic carbocycles.